The van der Waals surface area contributed by atoms with Gasteiger partial charge >= 0.3 is 0 Å². The molecule has 6 aromatic rings. The highest BCUT2D eigenvalue weighted by Gasteiger charge is 2.14. The van der Waals surface area contributed by atoms with Crippen molar-refractivity contribution in [1.82, 2.24) is 4.98 Å². The van der Waals surface area contributed by atoms with Crippen molar-refractivity contribution in [2.75, 3.05) is 0 Å². The van der Waals surface area contributed by atoms with Gasteiger partial charge in [0.15, 0.2) is 5.58 Å². The van der Waals surface area contributed by atoms with Gasteiger partial charge in [0.25, 0.3) is 0 Å². The number of aromatic nitrogens is 1. The van der Waals surface area contributed by atoms with E-state index >= 15 is 0 Å². The first-order valence-electron chi connectivity index (χ1n) is 12.2. The molecule has 0 aliphatic heterocycles. The number of nitrogens with zero attached hydrogens (tertiary/aromatic N) is 1. The standard InChI is InChI=1S/C31H27NOS/c1-3-7-20-11-16-29-25(17-20)26-19-21(8-4-2)18-24(30(26)34-29)22-12-14-23(15-13-22)31-32-27-9-5-6-10-28(27)33-31/h5-6,9-19H,3-4,7-8H2,1-2H3. The smallest absolute Gasteiger partial charge is 0.227 e. The molecule has 0 atom stereocenters. The van der Waals surface area contributed by atoms with Crippen molar-refractivity contribution < 1.29 is 4.42 Å². The van der Waals surface area contributed by atoms with E-state index in [4.69, 9.17) is 4.42 Å². The molecule has 0 fully saturated rings. The van der Waals surface area contributed by atoms with E-state index in [1.54, 1.807) is 0 Å². The number of benzene rings is 4. The Labute approximate surface area is 203 Å². The van der Waals surface area contributed by atoms with E-state index in [-0.39, 0.29) is 0 Å². The van der Waals surface area contributed by atoms with Crippen LogP contribution in [0.4, 0.5) is 0 Å². The van der Waals surface area contributed by atoms with Crippen molar-refractivity contribution in [3.8, 4) is 22.6 Å². The summed E-state index contributed by atoms with van der Waals surface area (Å²) in [6.45, 7) is 4.50. The molecular formula is C31H27NOS. The topological polar surface area (TPSA) is 26.0 Å². The van der Waals surface area contributed by atoms with Crippen LogP contribution in [0.5, 0.6) is 0 Å². The van der Waals surface area contributed by atoms with Gasteiger partial charge in [0.1, 0.15) is 5.52 Å². The fourth-order valence-corrected chi connectivity index (χ4v) is 6.07. The van der Waals surface area contributed by atoms with E-state index in [2.05, 4.69) is 73.4 Å². The number of fused-ring (bicyclic) bond motifs is 4. The lowest BCUT2D eigenvalue weighted by Gasteiger charge is -2.09. The Bertz CT molecular complexity index is 1590. The average Bonchev–Trinajstić information content (AvgIpc) is 3.46. The molecule has 0 bridgehead atoms. The molecule has 4 aromatic carbocycles. The summed E-state index contributed by atoms with van der Waals surface area (Å²) in [5, 5.41) is 2.79. The molecule has 0 saturated carbocycles. The summed E-state index contributed by atoms with van der Waals surface area (Å²) in [5.74, 6) is 0.669. The monoisotopic (exact) mass is 461 g/mol. The summed E-state index contributed by atoms with van der Waals surface area (Å²) in [4.78, 5) is 4.66. The van der Waals surface area contributed by atoms with Crippen molar-refractivity contribution >= 4 is 42.6 Å². The maximum absolute atomic E-state index is 5.98. The van der Waals surface area contributed by atoms with Crippen molar-refractivity contribution in [3.63, 3.8) is 0 Å². The van der Waals surface area contributed by atoms with Crippen LogP contribution in [-0.4, -0.2) is 4.98 Å². The van der Waals surface area contributed by atoms with E-state index in [0.717, 1.165) is 35.9 Å². The molecular weight excluding hydrogens is 434 g/mol. The SMILES string of the molecule is CCCc1ccc2sc3c(-c4ccc(-c5nc6ccccc6o5)cc4)cc(CCC)cc3c2c1. The maximum atomic E-state index is 5.98. The predicted octanol–water partition coefficient (Wildman–Crippen LogP) is 9.43. The van der Waals surface area contributed by atoms with Crippen molar-refractivity contribution in [2.24, 2.45) is 0 Å². The molecule has 0 aliphatic carbocycles. The van der Waals surface area contributed by atoms with E-state index in [1.807, 2.05) is 35.6 Å². The van der Waals surface area contributed by atoms with E-state index < -0.39 is 0 Å². The lowest BCUT2D eigenvalue weighted by Crippen LogP contribution is -1.87. The molecule has 0 unspecified atom stereocenters. The first kappa shape index (κ1) is 21.1. The van der Waals surface area contributed by atoms with Crippen LogP contribution >= 0.6 is 11.3 Å². The van der Waals surface area contributed by atoms with Crippen molar-refractivity contribution in [1.29, 1.82) is 0 Å². The summed E-state index contributed by atoms with van der Waals surface area (Å²) in [6.07, 6.45) is 4.54. The number of para-hydroxylation sites is 2. The maximum Gasteiger partial charge on any atom is 0.227 e. The summed E-state index contributed by atoms with van der Waals surface area (Å²) >= 11 is 1.91. The zero-order valence-corrected chi connectivity index (χ0v) is 20.4. The fraction of sp³-hybridized carbons (Fsp3) is 0.194. The number of oxazole rings is 1. The quantitative estimate of drug-likeness (QED) is 0.247. The van der Waals surface area contributed by atoms with Gasteiger partial charge < -0.3 is 4.42 Å². The predicted molar refractivity (Wildman–Crippen MR) is 146 cm³/mol. The summed E-state index contributed by atoms with van der Waals surface area (Å²) in [6, 6.07) is 28.4. The molecule has 0 N–H and O–H groups in total. The van der Waals surface area contributed by atoms with Crippen LogP contribution in [0.15, 0.2) is 83.3 Å². The third kappa shape index (κ3) is 3.70. The third-order valence-electron chi connectivity index (χ3n) is 6.51. The summed E-state index contributed by atoms with van der Waals surface area (Å²) in [5.41, 5.74) is 8.12. The van der Waals surface area contributed by atoms with Gasteiger partial charge in [0.05, 0.1) is 0 Å². The molecule has 0 radical (unpaired) electrons. The molecule has 168 valence electrons. The van der Waals surface area contributed by atoms with Crippen LogP contribution < -0.4 is 0 Å². The van der Waals surface area contributed by atoms with Gasteiger partial charge in [-0.05, 0) is 83.6 Å². The highest BCUT2D eigenvalue weighted by atomic mass is 32.1. The van der Waals surface area contributed by atoms with Gasteiger partial charge in [-0.2, -0.15) is 0 Å². The molecule has 6 rings (SSSR count). The lowest BCUT2D eigenvalue weighted by atomic mass is 9.96. The Kier molecular flexibility index (Phi) is 5.43. The fourth-order valence-electron chi connectivity index (χ4n) is 4.86. The number of thiophene rings is 1. The first-order valence-corrected chi connectivity index (χ1v) is 13.0. The Hall–Kier alpha value is -3.43. The molecule has 2 nitrogen and oxygen atoms in total. The zero-order valence-electron chi connectivity index (χ0n) is 19.6. The van der Waals surface area contributed by atoms with Gasteiger partial charge in [0, 0.05) is 25.7 Å². The van der Waals surface area contributed by atoms with Crippen LogP contribution in [0, 0.1) is 0 Å². The third-order valence-corrected chi connectivity index (χ3v) is 7.73. The van der Waals surface area contributed by atoms with Gasteiger partial charge in [0.2, 0.25) is 5.89 Å². The minimum Gasteiger partial charge on any atom is -0.436 e. The van der Waals surface area contributed by atoms with Crippen LogP contribution in [0.2, 0.25) is 0 Å². The van der Waals surface area contributed by atoms with Crippen LogP contribution in [0.1, 0.15) is 37.8 Å². The van der Waals surface area contributed by atoms with Gasteiger partial charge in [-0.1, -0.05) is 57.0 Å². The summed E-state index contributed by atoms with van der Waals surface area (Å²) in [7, 11) is 0. The second kappa shape index (κ2) is 8.73. The van der Waals surface area contributed by atoms with Crippen LogP contribution in [-0.2, 0) is 12.8 Å². The van der Waals surface area contributed by atoms with Gasteiger partial charge in [-0.15, -0.1) is 11.3 Å². The molecule has 0 aliphatic rings. The number of aryl methyl sites for hydroxylation is 2. The van der Waals surface area contributed by atoms with Crippen LogP contribution in [0.3, 0.4) is 0 Å². The van der Waals surface area contributed by atoms with E-state index in [0.29, 0.717) is 5.89 Å². The van der Waals surface area contributed by atoms with Gasteiger partial charge in [-0.3, -0.25) is 0 Å². The largest absolute Gasteiger partial charge is 0.436 e. The number of hydrogen-bond acceptors (Lipinski definition) is 3. The molecule has 34 heavy (non-hydrogen) atoms. The van der Waals surface area contributed by atoms with Crippen molar-refractivity contribution in [3.05, 3.63) is 90.0 Å². The highest BCUT2D eigenvalue weighted by molar-refractivity contribution is 7.26. The second-order valence-corrected chi connectivity index (χ2v) is 10.1. The Morgan fingerprint density at radius 1 is 0.735 bits per heavy atom. The summed E-state index contributed by atoms with van der Waals surface area (Å²) < 4.78 is 8.72. The second-order valence-electron chi connectivity index (χ2n) is 9.02. The highest BCUT2D eigenvalue weighted by Crippen LogP contribution is 2.42. The zero-order chi connectivity index (χ0) is 23.1. The minimum absolute atomic E-state index is 0.669. The Morgan fingerprint density at radius 3 is 2.26 bits per heavy atom. The lowest BCUT2D eigenvalue weighted by molar-refractivity contribution is 0.620. The van der Waals surface area contributed by atoms with Gasteiger partial charge in [-0.25, -0.2) is 4.98 Å². The van der Waals surface area contributed by atoms with Crippen molar-refractivity contribution in [2.45, 2.75) is 39.5 Å². The molecule has 3 heteroatoms. The van der Waals surface area contributed by atoms with Crippen LogP contribution in [0.25, 0.3) is 53.9 Å². The average molecular weight is 462 g/mol. The Morgan fingerprint density at radius 2 is 1.47 bits per heavy atom. The normalized spacial score (nSPS) is 11.7. The number of rotatable bonds is 6. The molecule has 0 spiro atoms. The van der Waals surface area contributed by atoms with E-state index in [9.17, 15) is 0 Å². The number of hydrogen-bond donors (Lipinski definition) is 0. The minimum atomic E-state index is 0.669. The molecule has 0 saturated heterocycles. The first-order chi connectivity index (χ1) is 16.7. The van der Waals surface area contributed by atoms with E-state index in [1.165, 1.54) is 48.8 Å². The molecule has 2 aromatic heterocycles. The molecule has 2 heterocycles. The molecule has 0 amide bonds. The Balaban J connectivity index is 1.48.